The minimum atomic E-state index is -3.99. The van der Waals surface area contributed by atoms with E-state index in [-0.39, 0.29) is 38.8 Å². The van der Waals surface area contributed by atoms with E-state index in [2.05, 4.69) is 5.43 Å². The van der Waals surface area contributed by atoms with Crippen LogP contribution in [0.1, 0.15) is 12.8 Å². The van der Waals surface area contributed by atoms with Crippen LogP contribution < -0.4 is 10.3 Å². The van der Waals surface area contributed by atoms with Crippen LogP contribution in [-0.4, -0.2) is 34.2 Å². The molecule has 23 heavy (non-hydrogen) atoms. The SMILES string of the molecule is O=C(C[C@H]1CCS(=O)(=O)C1)NNS(=O)(=O)c1ccc(Cl)c(Cl)c1. The molecule has 1 aromatic rings. The molecule has 1 amide bonds. The first kappa shape index (κ1) is 18.5. The standard InChI is InChI=1S/C12H14Cl2N2O5S2/c13-10-2-1-9(6-11(10)14)23(20,21)16-15-12(17)5-8-3-4-22(18,19)7-8/h1-2,6,8,16H,3-5,7H2,(H,15,17)/t8-/m1/s1. The van der Waals surface area contributed by atoms with Crippen LogP contribution in [0.15, 0.2) is 23.1 Å². The van der Waals surface area contributed by atoms with Gasteiger partial charge in [-0.1, -0.05) is 23.2 Å². The number of benzene rings is 1. The number of rotatable bonds is 5. The van der Waals surface area contributed by atoms with Crippen molar-refractivity contribution in [2.24, 2.45) is 5.92 Å². The number of sulfonamides is 1. The first-order valence-electron chi connectivity index (χ1n) is 6.55. The van der Waals surface area contributed by atoms with Crippen LogP contribution in [0.5, 0.6) is 0 Å². The van der Waals surface area contributed by atoms with Gasteiger partial charge in [-0.25, -0.2) is 16.8 Å². The lowest BCUT2D eigenvalue weighted by atomic mass is 10.1. The minimum absolute atomic E-state index is 0.0555. The van der Waals surface area contributed by atoms with E-state index in [9.17, 15) is 21.6 Å². The lowest BCUT2D eigenvalue weighted by molar-refractivity contribution is -0.122. The van der Waals surface area contributed by atoms with Crippen LogP contribution in [0.3, 0.4) is 0 Å². The summed E-state index contributed by atoms with van der Waals surface area (Å²) >= 11 is 11.5. The molecule has 1 aliphatic rings. The third-order valence-electron chi connectivity index (χ3n) is 3.33. The Kier molecular flexibility index (Phi) is 5.57. The summed E-state index contributed by atoms with van der Waals surface area (Å²) in [5.41, 5.74) is 2.06. The van der Waals surface area contributed by atoms with Gasteiger partial charge >= 0.3 is 0 Å². The third kappa shape index (κ3) is 5.05. The van der Waals surface area contributed by atoms with Gasteiger partial charge in [0.15, 0.2) is 9.84 Å². The summed E-state index contributed by atoms with van der Waals surface area (Å²) in [6, 6.07) is 3.72. The lowest BCUT2D eigenvalue weighted by Crippen LogP contribution is -2.42. The Labute approximate surface area is 144 Å². The zero-order valence-corrected chi connectivity index (χ0v) is 14.9. The maximum Gasteiger partial charge on any atom is 0.257 e. The number of hydrazine groups is 1. The number of sulfone groups is 1. The highest BCUT2D eigenvalue weighted by Crippen LogP contribution is 2.24. The largest absolute Gasteiger partial charge is 0.278 e. The van der Waals surface area contributed by atoms with E-state index in [4.69, 9.17) is 23.2 Å². The number of hydrogen-bond acceptors (Lipinski definition) is 5. The Morgan fingerprint density at radius 1 is 1.26 bits per heavy atom. The molecule has 0 aliphatic carbocycles. The fraction of sp³-hybridized carbons (Fsp3) is 0.417. The van der Waals surface area contributed by atoms with Gasteiger partial charge in [-0.05, 0) is 30.5 Å². The molecule has 1 saturated heterocycles. The first-order chi connectivity index (χ1) is 10.6. The molecule has 1 heterocycles. The fourth-order valence-electron chi connectivity index (χ4n) is 2.17. The minimum Gasteiger partial charge on any atom is -0.278 e. The predicted molar refractivity (Wildman–Crippen MR) is 86.3 cm³/mol. The zero-order chi connectivity index (χ0) is 17.3. The van der Waals surface area contributed by atoms with Gasteiger partial charge < -0.3 is 0 Å². The van der Waals surface area contributed by atoms with E-state index < -0.39 is 25.8 Å². The van der Waals surface area contributed by atoms with Gasteiger partial charge in [-0.3, -0.25) is 10.2 Å². The van der Waals surface area contributed by atoms with Gasteiger partial charge in [0, 0.05) is 6.42 Å². The summed E-state index contributed by atoms with van der Waals surface area (Å²) < 4.78 is 46.7. The summed E-state index contributed by atoms with van der Waals surface area (Å²) in [6.45, 7) is 0. The van der Waals surface area contributed by atoms with Gasteiger partial charge in [0.1, 0.15) is 0 Å². The Morgan fingerprint density at radius 3 is 2.52 bits per heavy atom. The van der Waals surface area contributed by atoms with Crippen LogP contribution in [0.4, 0.5) is 0 Å². The highest BCUT2D eigenvalue weighted by Gasteiger charge is 2.29. The second-order valence-electron chi connectivity index (χ2n) is 5.20. The maximum absolute atomic E-state index is 12.0. The second kappa shape index (κ2) is 6.94. The molecule has 0 aromatic heterocycles. The highest BCUT2D eigenvalue weighted by molar-refractivity contribution is 7.91. The van der Waals surface area contributed by atoms with Crippen molar-refractivity contribution >= 4 is 49.0 Å². The van der Waals surface area contributed by atoms with Crippen molar-refractivity contribution < 1.29 is 21.6 Å². The third-order valence-corrected chi connectivity index (χ3v) is 7.15. The molecular weight excluding hydrogens is 387 g/mol. The summed E-state index contributed by atoms with van der Waals surface area (Å²) in [5, 5.41) is 0.272. The molecule has 1 aromatic carbocycles. The maximum atomic E-state index is 12.0. The van der Waals surface area contributed by atoms with E-state index in [0.717, 1.165) is 6.07 Å². The topological polar surface area (TPSA) is 109 Å². The Bertz CT molecular complexity index is 824. The van der Waals surface area contributed by atoms with Crippen molar-refractivity contribution in [2.75, 3.05) is 11.5 Å². The van der Waals surface area contributed by atoms with E-state index in [0.29, 0.717) is 6.42 Å². The van der Waals surface area contributed by atoms with Gasteiger partial charge in [0.2, 0.25) is 5.91 Å². The smallest absolute Gasteiger partial charge is 0.257 e. The molecular formula is C12H14Cl2N2O5S2. The van der Waals surface area contributed by atoms with Gasteiger partial charge in [0.05, 0.1) is 26.4 Å². The van der Waals surface area contributed by atoms with Crippen LogP contribution in [-0.2, 0) is 24.7 Å². The molecule has 128 valence electrons. The predicted octanol–water partition coefficient (Wildman–Crippen LogP) is 1.13. The average Bonchev–Trinajstić information content (AvgIpc) is 2.78. The number of amides is 1. The molecule has 1 aliphatic heterocycles. The van der Waals surface area contributed by atoms with Crippen LogP contribution >= 0.6 is 23.2 Å². The summed E-state index contributed by atoms with van der Waals surface area (Å²) in [6.07, 6.45) is 0.332. The van der Waals surface area contributed by atoms with E-state index in [1.54, 1.807) is 0 Å². The average molecular weight is 401 g/mol. The lowest BCUT2D eigenvalue weighted by Gasteiger charge is -2.11. The number of hydrogen-bond donors (Lipinski definition) is 2. The first-order valence-corrected chi connectivity index (χ1v) is 10.6. The molecule has 1 atom stereocenters. The monoisotopic (exact) mass is 400 g/mol. The Morgan fingerprint density at radius 2 is 1.96 bits per heavy atom. The van der Waals surface area contributed by atoms with Crippen molar-refractivity contribution in [1.82, 2.24) is 10.3 Å². The summed E-state index contributed by atoms with van der Waals surface area (Å²) in [5.74, 6) is -0.898. The summed E-state index contributed by atoms with van der Waals surface area (Å²) in [4.78, 5) is 13.5. The number of carbonyl (C=O) groups is 1. The van der Waals surface area contributed by atoms with Crippen LogP contribution in [0.25, 0.3) is 0 Å². The van der Waals surface area contributed by atoms with Gasteiger partial charge in [-0.15, -0.1) is 4.83 Å². The van der Waals surface area contributed by atoms with Crippen molar-refractivity contribution in [3.63, 3.8) is 0 Å². The van der Waals surface area contributed by atoms with Crippen LogP contribution in [0, 0.1) is 5.92 Å². The van der Waals surface area contributed by atoms with E-state index in [1.807, 2.05) is 4.83 Å². The number of halogens is 2. The van der Waals surface area contributed by atoms with Crippen LogP contribution in [0.2, 0.25) is 10.0 Å². The molecule has 7 nitrogen and oxygen atoms in total. The van der Waals surface area contributed by atoms with Crippen molar-refractivity contribution in [2.45, 2.75) is 17.7 Å². The van der Waals surface area contributed by atoms with Crippen molar-refractivity contribution in [1.29, 1.82) is 0 Å². The molecule has 1 fully saturated rings. The summed E-state index contributed by atoms with van der Waals surface area (Å²) in [7, 11) is -7.08. The van der Waals surface area contributed by atoms with E-state index >= 15 is 0 Å². The second-order valence-corrected chi connectivity index (χ2v) is 9.93. The molecule has 0 spiro atoms. The molecule has 0 saturated carbocycles. The van der Waals surface area contributed by atoms with Gasteiger partial charge in [0.25, 0.3) is 10.0 Å². The number of carbonyl (C=O) groups excluding carboxylic acids is 1. The van der Waals surface area contributed by atoms with E-state index in [1.165, 1.54) is 12.1 Å². The Balaban J connectivity index is 1.94. The molecule has 2 N–H and O–H groups in total. The molecule has 0 radical (unpaired) electrons. The fourth-order valence-corrected chi connectivity index (χ4v) is 5.28. The quantitative estimate of drug-likeness (QED) is 0.719. The van der Waals surface area contributed by atoms with Crippen molar-refractivity contribution in [3.05, 3.63) is 28.2 Å². The highest BCUT2D eigenvalue weighted by atomic mass is 35.5. The normalized spacial score (nSPS) is 20.3. The Hall–Kier alpha value is -0.870. The number of nitrogens with one attached hydrogen (secondary N) is 2. The van der Waals surface area contributed by atoms with Crippen molar-refractivity contribution in [3.8, 4) is 0 Å². The van der Waals surface area contributed by atoms with Gasteiger partial charge in [-0.2, -0.15) is 0 Å². The molecule has 11 heteroatoms. The zero-order valence-electron chi connectivity index (χ0n) is 11.8. The molecule has 2 rings (SSSR count). The molecule has 0 unspecified atom stereocenters. The molecule has 0 bridgehead atoms.